The lowest BCUT2D eigenvalue weighted by atomic mass is 10.0. The van der Waals surface area contributed by atoms with Crippen LogP contribution in [-0.4, -0.2) is 37.8 Å². The quantitative estimate of drug-likeness (QED) is 0.585. The van der Waals surface area contributed by atoms with Gasteiger partial charge in [-0.15, -0.1) is 0 Å². The smallest absolute Gasteiger partial charge is 0.255 e. The van der Waals surface area contributed by atoms with Crippen LogP contribution in [0.15, 0.2) is 71.6 Å². The predicted octanol–water partition coefficient (Wildman–Crippen LogP) is 2.97. The second-order valence-electron chi connectivity index (χ2n) is 8.22. The van der Waals surface area contributed by atoms with Gasteiger partial charge in [0, 0.05) is 12.1 Å². The largest absolute Gasteiger partial charge is 0.454 e. The van der Waals surface area contributed by atoms with Gasteiger partial charge in [-0.3, -0.25) is 9.59 Å². The van der Waals surface area contributed by atoms with Crippen LogP contribution in [0.2, 0.25) is 0 Å². The summed E-state index contributed by atoms with van der Waals surface area (Å²) in [6.45, 7) is 2.14. The van der Waals surface area contributed by atoms with E-state index >= 15 is 0 Å². The molecule has 5 rings (SSSR count). The van der Waals surface area contributed by atoms with E-state index in [1.165, 1.54) is 17.0 Å². The maximum absolute atomic E-state index is 13.3. The Balaban J connectivity index is 1.39. The maximum Gasteiger partial charge on any atom is 0.255 e. The minimum Gasteiger partial charge on any atom is -0.454 e. The van der Waals surface area contributed by atoms with E-state index in [0.717, 1.165) is 11.1 Å². The summed E-state index contributed by atoms with van der Waals surface area (Å²) in [6, 6.07) is 17.7. The summed E-state index contributed by atoms with van der Waals surface area (Å²) in [7, 11) is -3.74. The van der Waals surface area contributed by atoms with Gasteiger partial charge in [-0.2, -0.15) is 0 Å². The van der Waals surface area contributed by atoms with Crippen LogP contribution < -0.4 is 14.8 Å². The van der Waals surface area contributed by atoms with Crippen LogP contribution in [-0.2, 0) is 21.2 Å². The van der Waals surface area contributed by atoms with Crippen molar-refractivity contribution in [2.45, 2.75) is 24.4 Å². The van der Waals surface area contributed by atoms with Crippen molar-refractivity contribution >= 4 is 21.7 Å². The van der Waals surface area contributed by atoms with Crippen LogP contribution in [0, 0.1) is 6.92 Å². The van der Waals surface area contributed by atoms with Gasteiger partial charge in [0.25, 0.3) is 5.91 Å². The molecule has 2 heterocycles. The van der Waals surface area contributed by atoms with Crippen molar-refractivity contribution in [3.8, 4) is 11.5 Å². The molecule has 0 bridgehead atoms. The highest BCUT2D eigenvalue weighted by Gasteiger charge is 2.41. The standard InChI is InChI=1S/C25H22N2O6S/c1-16-6-9-18(10-7-16)34(30,31)14-26-24(28)23-19-4-2-3-5-20(19)25(29)27(23)13-17-8-11-21-22(12-17)33-15-32-21/h2-12,23H,13-15H2,1H3,(H,26,28)/t23-/m1/s1. The molecule has 3 aromatic rings. The van der Waals surface area contributed by atoms with Gasteiger partial charge in [-0.25, -0.2) is 8.42 Å². The lowest BCUT2D eigenvalue weighted by Crippen LogP contribution is -2.40. The predicted molar refractivity (Wildman–Crippen MR) is 123 cm³/mol. The van der Waals surface area contributed by atoms with E-state index in [4.69, 9.17) is 9.47 Å². The van der Waals surface area contributed by atoms with Gasteiger partial charge < -0.3 is 19.7 Å². The highest BCUT2D eigenvalue weighted by Crippen LogP contribution is 2.37. The first kappa shape index (κ1) is 22.0. The molecule has 0 aliphatic carbocycles. The lowest BCUT2D eigenvalue weighted by Gasteiger charge is -2.25. The Bertz CT molecular complexity index is 1380. The molecule has 0 spiro atoms. The molecule has 1 atom stereocenters. The van der Waals surface area contributed by atoms with Crippen LogP contribution in [0.3, 0.4) is 0 Å². The number of ether oxygens (including phenoxy) is 2. The number of amides is 2. The third-order valence-corrected chi connectivity index (χ3v) is 7.43. The second-order valence-corrected chi connectivity index (χ2v) is 10.2. The molecule has 2 aliphatic heterocycles. The van der Waals surface area contributed by atoms with Gasteiger partial charge in [0.15, 0.2) is 21.3 Å². The fourth-order valence-electron chi connectivity index (χ4n) is 4.14. The molecule has 1 N–H and O–H groups in total. The molecule has 2 amide bonds. The number of carbonyl (C=O) groups is 2. The minimum absolute atomic E-state index is 0.124. The van der Waals surface area contributed by atoms with Crippen LogP contribution in [0.4, 0.5) is 0 Å². The average Bonchev–Trinajstić information content (AvgIpc) is 3.40. The van der Waals surface area contributed by atoms with E-state index in [2.05, 4.69) is 5.32 Å². The number of nitrogens with zero attached hydrogens (tertiary/aromatic N) is 1. The fraction of sp³-hybridized carbons (Fsp3) is 0.200. The molecule has 174 valence electrons. The van der Waals surface area contributed by atoms with Crippen LogP contribution in [0.25, 0.3) is 0 Å². The second kappa shape index (κ2) is 8.49. The molecular weight excluding hydrogens is 456 g/mol. The molecule has 9 heteroatoms. The van der Waals surface area contributed by atoms with Gasteiger partial charge in [0.2, 0.25) is 12.7 Å². The van der Waals surface area contributed by atoms with E-state index < -0.39 is 27.7 Å². The van der Waals surface area contributed by atoms with Crippen LogP contribution in [0.5, 0.6) is 11.5 Å². The van der Waals surface area contributed by atoms with Crippen molar-refractivity contribution in [2.75, 3.05) is 12.7 Å². The third-order valence-electron chi connectivity index (χ3n) is 5.91. The molecule has 0 radical (unpaired) electrons. The number of carbonyl (C=O) groups excluding carboxylic acids is 2. The molecule has 3 aromatic carbocycles. The van der Waals surface area contributed by atoms with Crippen LogP contribution >= 0.6 is 0 Å². The number of benzene rings is 3. The van der Waals surface area contributed by atoms with Crippen molar-refractivity contribution < 1.29 is 27.5 Å². The molecule has 8 nitrogen and oxygen atoms in total. The van der Waals surface area contributed by atoms with E-state index in [0.29, 0.717) is 22.6 Å². The summed E-state index contributed by atoms with van der Waals surface area (Å²) in [6.07, 6.45) is 0. The van der Waals surface area contributed by atoms with Crippen molar-refractivity contribution in [3.63, 3.8) is 0 Å². The van der Waals surface area contributed by atoms with E-state index in [1.54, 1.807) is 54.6 Å². The first-order valence-electron chi connectivity index (χ1n) is 10.7. The van der Waals surface area contributed by atoms with Gasteiger partial charge in [0.05, 0.1) is 4.90 Å². The number of nitrogens with one attached hydrogen (secondary N) is 1. The van der Waals surface area contributed by atoms with E-state index in [1.807, 2.05) is 6.92 Å². The fourth-order valence-corrected chi connectivity index (χ4v) is 5.19. The molecule has 34 heavy (non-hydrogen) atoms. The molecule has 0 saturated heterocycles. The van der Waals surface area contributed by atoms with Crippen molar-refractivity contribution in [1.82, 2.24) is 10.2 Å². The number of aryl methyl sites for hydroxylation is 1. The third kappa shape index (κ3) is 3.99. The summed E-state index contributed by atoms with van der Waals surface area (Å²) in [5, 5.41) is 2.53. The maximum atomic E-state index is 13.3. The Labute approximate surface area is 197 Å². The summed E-state index contributed by atoms with van der Waals surface area (Å²) >= 11 is 0. The average molecular weight is 479 g/mol. The summed E-state index contributed by atoms with van der Waals surface area (Å²) in [5.41, 5.74) is 2.65. The van der Waals surface area contributed by atoms with Crippen LogP contribution in [0.1, 0.15) is 33.1 Å². The summed E-state index contributed by atoms with van der Waals surface area (Å²) in [5.74, 6) is -0.230. The Morgan fingerprint density at radius 3 is 2.56 bits per heavy atom. The number of hydrogen-bond donors (Lipinski definition) is 1. The molecule has 0 saturated carbocycles. The van der Waals surface area contributed by atoms with Crippen molar-refractivity contribution in [3.05, 3.63) is 89.0 Å². The monoisotopic (exact) mass is 478 g/mol. The first-order chi connectivity index (χ1) is 16.3. The topological polar surface area (TPSA) is 102 Å². The highest BCUT2D eigenvalue weighted by atomic mass is 32.2. The van der Waals surface area contributed by atoms with Gasteiger partial charge in [-0.05, 0) is 48.4 Å². The SMILES string of the molecule is Cc1ccc(S(=O)(=O)CNC(=O)[C@H]2c3ccccc3C(=O)N2Cc2ccc3c(c2)OCO3)cc1. The zero-order chi connectivity index (χ0) is 23.9. The Hall–Kier alpha value is -3.85. The van der Waals surface area contributed by atoms with Gasteiger partial charge in [0.1, 0.15) is 11.9 Å². The molecular formula is C25H22N2O6S. The number of hydrogen-bond acceptors (Lipinski definition) is 6. The van der Waals surface area contributed by atoms with E-state index in [9.17, 15) is 18.0 Å². The number of sulfone groups is 1. The first-order valence-corrected chi connectivity index (χ1v) is 12.3. The van der Waals surface area contributed by atoms with E-state index in [-0.39, 0.29) is 24.1 Å². The zero-order valence-electron chi connectivity index (χ0n) is 18.4. The molecule has 0 fully saturated rings. The normalized spacial score (nSPS) is 16.4. The molecule has 0 aromatic heterocycles. The minimum atomic E-state index is -3.74. The van der Waals surface area contributed by atoms with Gasteiger partial charge >= 0.3 is 0 Å². The van der Waals surface area contributed by atoms with Crippen molar-refractivity contribution in [2.24, 2.45) is 0 Å². The van der Waals surface area contributed by atoms with Crippen molar-refractivity contribution in [1.29, 1.82) is 0 Å². The Morgan fingerprint density at radius 1 is 1.03 bits per heavy atom. The summed E-state index contributed by atoms with van der Waals surface area (Å²) in [4.78, 5) is 28.0. The van der Waals surface area contributed by atoms with Gasteiger partial charge in [-0.1, -0.05) is 42.0 Å². The molecule has 2 aliphatic rings. The Morgan fingerprint density at radius 2 is 1.76 bits per heavy atom. The molecule has 0 unspecified atom stereocenters. The zero-order valence-corrected chi connectivity index (χ0v) is 19.2. The number of rotatable bonds is 6. The lowest BCUT2D eigenvalue weighted by molar-refractivity contribution is -0.125. The summed E-state index contributed by atoms with van der Waals surface area (Å²) < 4.78 is 36.2. The Kier molecular flexibility index (Phi) is 5.49. The highest BCUT2D eigenvalue weighted by molar-refractivity contribution is 7.91. The number of fused-ring (bicyclic) bond motifs is 2.